The molecule has 1 atom stereocenters. The Morgan fingerprint density at radius 3 is 2.93 bits per heavy atom. The van der Waals surface area contributed by atoms with Crippen LogP contribution in [-0.2, 0) is 6.42 Å². The van der Waals surface area contributed by atoms with Crippen LogP contribution in [0.4, 0.5) is 11.4 Å². The summed E-state index contributed by atoms with van der Waals surface area (Å²) in [4.78, 5) is 19.8. The fraction of sp³-hybridized carbons (Fsp3) is 0.217. The first-order valence-electron chi connectivity index (χ1n) is 9.23. The van der Waals surface area contributed by atoms with Crippen LogP contribution in [0.15, 0.2) is 65.7 Å². The van der Waals surface area contributed by atoms with Crippen LogP contribution in [-0.4, -0.2) is 31.9 Å². The van der Waals surface area contributed by atoms with Gasteiger partial charge in [-0.15, -0.1) is 0 Å². The third kappa shape index (κ3) is 3.09. The zero-order valence-electron chi connectivity index (χ0n) is 16.0. The first-order valence-corrected chi connectivity index (χ1v) is 9.23. The summed E-state index contributed by atoms with van der Waals surface area (Å²) in [6, 6.07) is 11.4. The molecule has 0 N–H and O–H groups in total. The van der Waals surface area contributed by atoms with Crippen molar-refractivity contribution in [2.75, 3.05) is 18.6 Å². The van der Waals surface area contributed by atoms with E-state index in [1.807, 2.05) is 48.4 Å². The van der Waals surface area contributed by atoms with Crippen molar-refractivity contribution >= 4 is 23.5 Å². The minimum Gasteiger partial charge on any atom is -0.493 e. The first-order chi connectivity index (χ1) is 13.6. The number of fused-ring (bicyclic) bond motifs is 4. The molecule has 0 aliphatic carbocycles. The minimum absolute atomic E-state index is 0.0781. The number of hydrogen-bond acceptors (Lipinski definition) is 4. The van der Waals surface area contributed by atoms with Crippen LogP contribution in [0.2, 0.25) is 0 Å². The number of rotatable bonds is 5. The Hall–Kier alpha value is -3.34. The van der Waals surface area contributed by atoms with Gasteiger partial charge in [-0.25, -0.2) is 0 Å². The molecule has 0 spiro atoms. The average Bonchev–Trinajstić information content (AvgIpc) is 3.02. The van der Waals surface area contributed by atoms with Crippen molar-refractivity contribution in [3.8, 4) is 11.5 Å². The number of methoxy groups -OCH3 is 1. The van der Waals surface area contributed by atoms with E-state index < -0.39 is 0 Å². The molecule has 142 valence electrons. The predicted molar refractivity (Wildman–Crippen MR) is 111 cm³/mol. The minimum atomic E-state index is -0.0814. The van der Waals surface area contributed by atoms with Gasteiger partial charge in [0.05, 0.1) is 24.4 Å². The Kier molecular flexibility index (Phi) is 4.74. The van der Waals surface area contributed by atoms with Crippen molar-refractivity contribution in [3.63, 3.8) is 0 Å². The van der Waals surface area contributed by atoms with Crippen molar-refractivity contribution in [2.45, 2.75) is 19.4 Å². The van der Waals surface area contributed by atoms with E-state index in [2.05, 4.69) is 17.6 Å². The monoisotopic (exact) mass is 374 g/mol. The van der Waals surface area contributed by atoms with E-state index >= 15 is 0 Å². The third-order valence-corrected chi connectivity index (χ3v) is 4.94. The molecular weight excluding hydrogens is 352 g/mol. The second-order valence-electron chi connectivity index (χ2n) is 6.82. The number of aliphatic imine (C=N–C) groups is 1. The maximum atomic E-state index is 13.3. The molecule has 5 nitrogen and oxygen atoms in total. The molecule has 2 aliphatic rings. The van der Waals surface area contributed by atoms with E-state index in [0.717, 1.165) is 23.2 Å². The maximum Gasteiger partial charge on any atom is 0.261 e. The highest BCUT2D eigenvalue weighted by molar-refractivity contribution is 6.14. The van der Waals surface area contributed by atoms with Gasteiger partial charge in [-0.2, -0.15) is 0 Å². The summed E-state index contributed by atoms with van der Waals surface area (Å²) >= 11 is 0. The first kappa shape index (κ1) is 18.0. The zero-order valence-corrected chi connectivity index (χ0v) is 16.0. The smallest absolute Gasteiger partial charge is 0.261 e. The standard InChI is InChI=1S/C23H22N2O3/c1-4-7-15(2)14-28-22-12-19-18(11-21(22)27-3)23(26)25-17(13-24-19)10-16-8-5-6-9-20(16)25/h4-9,11-13,17H,2,10,14H2,1,3H3. The maximum absolute atomic E-state index is 13.3. The Bertz CT molecular complexity index is 1010. The lowest BCUT2D eigenvalue weighted by molar-refractivity contribution is 0.0986. The number of hydrogen-bond donors (Lipinski definition) is 0. The Labute approximate surface area is 164 Å². The van der Waals surface area contributed by atoms with Gasteiger partial charge in [-0.3, -0.25) is 14.7 Å². The predicted octanol–water partition coefficient (Wildman–Crippen LogP) is 4.49. The van der Waals surface area contributed by atoms with Crippen LogP contribution in [0, 0.1) is 0 Å². The SMILES string of the molecule is C=C(C=CC)COc1cc2c(cc1OC)C(=O)N1c3ccccc3CC1C=N2. The van der Waals surface area contributed by atoms with E-state index in [4.69, 9.17) is 9.47 Å². The van der Waals surface area contributed by atoms with Crippen LogP contribution in [0.5, 0.6) is 11.5 Å². The van der Waals surface area contributed by atoms with Crippen molar-refractivity contribution in [1.29, 1.82) is 0 Å². The van der Waals surface area contributed by atoms with Crippen molar-refractivity contribution in [1.82, 2.24) is 0 Å². The number of anilines is 1. The number of carbonyl (C=O) groups is 1. The van der Waals surface area contributed by atoms with E-state index in [-0.39, 0.29) is 11.9 Å². The van der Waals surface area contributed by atoms with E-state index in [0.29, 0.717) is 29.4 Å². The fourth-order valence-electron chi connectivity index (χ4n) is 3.64. The average molecular weight is 374 g/mol. The molecule has 0 saturated carbocycles. The lowest BCUT2D eigenvalue weighted by atomic mass is 10.1. The number of benzene rings is 2. The Morgan fingerprint density at radius 1 is 1.32 bits per heavy atom. The molecule has 28 heavy (non-hydrogen) atoms. The van der Waals surface area contributed by atoms with Crippen molar-refractivity contribution in [3.05, 3.63) is 71.8 Å². The van der Waals surface area contributed by atoms with Gasteiger partial charge in [0, 0.05) is 24.4 Å². The van der Waals surface area contributed by atoms with Crippen LogP contribution in [0.25, 0.3) is 0 Å². The molecule has 1 unspecified atom stereocenters. The summed E-state index contributed by atoms with van der Waals surface area (Å²) in [7, 11) is 1.56. The number of amides is 1. The van der Waals surface area contributed by atoms with Gasteiger partial charge in [0.1, 0.15) is 6.61 Å². The van der Waals surface area contributed by atoms with Gasteiger partial charge in [0.15, 0.2) is 11.5 Å². The van der Waals surface area contributed by atoms with Gasteiger partial charge >= 0.3 is 0 Å². The summed E-state index contributed by atoms with van der Waals surface area (Å²) in [5, 5.41) is 0. The highest BCUT2D eigenvalue weighted by atomic mass is 16.5. The normalized spacial score (nSPS) is 17.1. The molecular formula is C23H22N2O3. The molecule has 1 amide bonds. The molecule has 0 aromatic heterocycles. The number of ether oxygens (including phenoxy) is 2. The largest absolute Gasteiger partial charge is 0.493 e. The zero-order chi connectivity index (χ0) is 19.7. The summed E-state index contributed by atoms with van der Waals surface area (Å²) in [6.45, 7) is 6.21. The molecule has 0 saturated heterocycles. The van der Waals surface area contributed by atoms with Crippen LogP contribution in [0.3, 0.4) is 0 Å². The Morgan fingerprint density at radius 2 is 2.14 bits per heavy atom. The molecule has 0 radical (unpaired) electrons. The molecule has 5 heteroatoms. The molecule has 0 bridgehead atoms. The van der Waals surface area contributed by atoms with Crippen LogP contribution < -0.4 is 14.4 Å². The van der Waals surface area contributed by atoms with Gasteiger partial charge in [0.2, 0.25) is 0 Å². The van der Waals surface area contributed by atoms with Crippen LogP contribution in [0.1, 0.15) is 22.8 Å². The quantitative estimate of drug-likeness (QED) is 0.725. The molecule has 4 rings (SSSR count). The number of para-hydroxylation sites is 1. The molecule has 2 heterocycles. The summed E-state index contributed by atoms with van der Waals surface area (Å²) in [5.74, 6) is 0.964. The van der Waals surface area contributed by atoms with Crippen molar-refractivity contribution < 1.29 is 14.3 Å². The molecule has 2 aromatic rings. The van der Waals surface area contributed by atoms with Gasteiger partial charge < -0.3 is 9.47 Å². The lowest BCUT2D eigenvalue weighted by Gasteiger charge is -2.22. The van der Waals surface area contributed by atoms with Gasteiger partial charge in [-0.1, -0.05) is 36.9 Å². The van der Waals surface area contributed by atoms with Crippen LogP contribution >= 0.6 is 0 Å². The van der Waals surface area contributed by atoms with E-state index in [9.17, 15) is 4.79 Å². The van der Waals surface area contributed by atoms with E-state index in [1.54, 1.807) is 19.2 Å². The summed E-state index contributed by atoms with van der Waals surface area (Å²) in [5.41, 5.74) is 4.04. The van der Waals surface area contributed by atoms with Crippen molar-refractivity contribution in [2.24, 2.45) is 4.99 Å². The highest BCUT2D eigenvalue weighted by Crippen LogP contribution is 2.40. The molecule has 2 aromatic carbocycles. The molecule has 0 fully saturated rings. The molecule has 2 aliphatic heterocycles. The van der Waals surface area contributed by atoms with Gasteiger partial charge in [0.25, 0.3) is 5.91 Å². The lowest BCUT2D eigenvalue weighted by Crippen LogP contribution is -2.37. The second-order valence-corrected chi connectivity index (χ2v) is 6.82. The van der Waals surface area contributed by atoms with E-state index in [1.165, 1.54) is 0 Å². The Balaban J connectivity index is 1.70. The topological polar surface area (TPSA) is 51.1 Å². The fourth-order valence-corrected chi connectivity index (χ4v) is 3.64. The number of carbonyl (C=O) groups excluding carboxylic acids is 1. The number of nitrogens with zero attached hydrogens (tertiary/aromatic N) is 2. The van der Waals surface area contributed by atoms with Gasteiger partial charge in [-0.05, 0) is 30.2 Å². The highest BCUT2D eigenvalue weighted by Gasteiger charge is 2.36. The summed E-state index contributed by atoms with van der Waals surface area (Å²) in [6.07, 6.45) is 6.42. The summed E-state index contributed by atoms with van der Waals surface area (Å²) < 4.78 is 11.3. The third-order valence-electron chi connectivity index (χ3n) is 4.94. The second kappa shape index (κ2) is 7.35. The number of allylic oxidation sites excluding steroid dienone is 1.